The normalized spacial score (nSPS) is 14.1. The lowest BCUT2D eigenvalue weighted by Gasteiger charge is -2.20. The lowest BCUT2D eigenvalue weighted by atomic mass is 9.86. The first-order valence-electron chi connectivity index (χ1n) is 5.08. The van der Waals surface area contributed by atoms with E-state index >= 15 is 0 Å². The van der Waals surface area contributed by atoms with E-state index in [9.17, 15) is 0 Å². The fourth-order valence-corrected chi connectivity index (χ4v) is 1.39. The summed E-state index contributed by atoms with van der Waals surface area (Å²) in [5, 5.41) is 0. The molecule has 0 aliphatic rings. The SMILES string of the molecule is CO[C@H](C)c1ccc(C(C)(C)C)cc1. The molecule has 0 fully saturated rings. The molecule has 1 nitrogen and oxygen atoms in total. The molecule has 0 unspecified atom stereocenters. The maximum Gasteiger partial charge on any atom is 0.0793 e. The Bertz CT molecular complexity index is 279. The van der Waals surface area contributed by atoms with Crippen LogP contribution in [0.2, 0.25) is 0 Å². The molecule has 0 aliphatic carbocycles. The van der Waals surface area contributed by atoms with E-state index < -0.39 is 0 Å². The van der Waals surface area contributed by atoms with Crippen molar-refractivity contribution in [1.82, 2.24) is 0 Å². The van der Waals surface area contributed by atoms with Gasteiger partial charge in [0.2, 0.25) is 0 Å². The third kappa shape index (κ3) is 2.58. The van der Waals surface area contributed by atoms with Gasteiger partial charge in [-0.1, -0.05) is 45.0 Å². The highest BCUT2D eigenvalue weighted by atomic mass is 16.5. The minimum Gasteiger partial charge on any atom is -0.377 e. The lowest BCUT2D eigenvalue weighted by Crippen LogP contribution is -2.11. The summed E-state index contributed by atoms with van der Waals surface area (Å²) in [4.78, 5) is 0. The molecule has 14 heavy (non-hydrogen) atoms. The minimum atomic E-state index is 0.184. The van der Waals surface area contributed by atoms with Gasteiger partial charge in [-0.05, 0) is 23.5 Å². The first-order chi connectivity index (χ1) is 6.45. The number of hydrogen-bond acceptors (Lipinski definition) is 1. The number of ether oxygens (including phenoxy) is 1. The van der Waals surface area contributed by atoms with E-state index in [0.29, 0.717) is 0 Å². The molecule has 0 spiro atoms. The van der Waals surface area contributed by atoms with Crippen molar-refractivity contribution in [2.75, 3.05) is 7.11 Å². The molecular weight excluding hydrogens is 172 g/mol. The molecule has 0 radical (unpaired) electrons. The van der Waals surface area contributed by atoms with Crippen LogP contribution >= 0.6 is 0 Å². The molecule has 1 aromatic rings. The molecule has 0 bridgehead atoms. The molecule has 0 aliphatic heterocycles. The zero-order valence-electron chi connectivity index (χ0n) is 9.79. The predicted octanol–water partition coefficient (Wildman–Crippen LogP) is 3.69. The Labute approximate surface area is 87.1 Å². The fraction of sp³-hybridized carbons (Fsp3) is 0.538. The van der Waals surface area contributed by atoms with Gasteiger partial charge in [-0.15, -0.1) is 0 Å². The summed E-state index contributed by atoms with van der Waals surface area (Å²) in [6, 6.07) is 8.67. The van der Waals surface area contributed by atoms with Crippen molar-refractivity contribution in [3.8, 4) is 0 Å². The molecule has 0 amide bonds. The van der Waals surface area contributed by atoms with Gasteiger partial charge in [0.15, 0.2) is 0 Å². The third-order valence-corrected chi connectivity index (χ3v) is 2.60. The second-order valence-electron chi connectivity index (χ2n) is 4.75. The third-order valence-electron chi connectivity index (χ3n) is 2.60. The standard InChI is InChI=1S/C13H20O/c1-10(14-5)11-6-8-12(9-7-11)13(2,3)4/h6-10H,1-5H3/t10-/m1/s1. The van der Waals surface area contributed by atoms with E-state index in [-0.39, 0.29) is 11.5 Å². The van der Waals surface area contributed by atoms with Crippen molar-refractivity contribution in [3.05, 3.63) is 35.4 Å². The van der Waals surface area contributed by atoms with E-state index in [1.165, 1.54) is 11.1 Å². The van der Waals surface area contributed by atoms with Crippen molar-refractivity contribution < 1.29 is 4.74 Å². The van der Waals surface area contributed by atoms with Crippen LogP contribution in [0.1, 0.15) is 44.9 Å². The van der Waals surface area contributed by atoms with E-state index in [1.807, 2.05) is 0 Å². The van der Waals surface area contributed by atoms with E-state index in [2.05, 4.69) is 52.0 Å². The molecule has 0 aromatic heterocycles. The van der Waals surface area contributed by atoms with Crippen molar-refractivity contribution in [2.45, 2.75) is 39.2 Å². The lowest BCUT2D eigenvalue weighted by molar-refractivity contribution is 0.119. The van der Waals surface area contributed by atoms with Crippen molar-refractivity contribution in [1.29, 1.82) is 0 Å². The highest BCUT2D eigenvalue weighted by Crippen LogP contribution is 2.24. The maximum absolute atomic E-state index is 5.26. The highest BCUT2D eigenvalue weighted by molar-refractivity contribution is 5.28. The van der Waals surface area contributed by atoms with Crippen molar-refractivity contribution in [3.63, 3.8) is 0 Å². The first kappa shape index (κ1) is 11.3. The van der Waals surface area contributed by atoms with Gasteiger partial charge in [0.1, 0.15) is 0 Å². The van der Waals surface area contributed by atoms with Crippen LogP contribution in [0.5, 0.6) is 0 Å². The molecule has 0 saturated heterocycles. The second kappa shape index (κ2) is 4.14. The van der Waals surface area contributed by atoms with Gasteiger partial charge in [0.25, 0.3) is 0 Å². The molecule has 1 heteroatoms. The average Bonchev–Trinajstić information content (AvgIpc) is 2.15. The molecular formula is C13H20O. The van der Waals surface area contributed by atoms with Crippen molar-refractivity contribution >= 4 is 0 Å². The highest BCUT2D eigenvalue weighted by Gasteiger charge is 2.13. The topological polar surface area (TPSA) is 9.23 Å². The Morgan fingerprint density at radius 3 is 1.93 bits per heavy atom. The van der Waals surface area contributed by atoms with Crippen LogP contribution in [0.15, 0.2) is 24.3 Å². The van der Waals surface area contributed by atoms with Gasteiger partial charge in [-0.25, -0.2) is 0 Å². The monoisotopic (exact) mass is 192 g/mol. The first-order valence-corrected chi connectivity index (χ1v) is 5.08. The number of rotatable bonds is 2. The van der Waals surface area contributed by atoms with Gasteiger partial charge in [0.05, 0.1) is 6.10 Å². The molecule has 0 heterocycles. The summed E-state index contributed by atoms with van der Waals surface area (Å²) in [7, 11) is 1.74. The Morgan fingerprint density at radius 2 is 1.57 bits per heavy atom. The molecule has 0 saturated carbocycles. The molecule has 1 aromatic carbocycles. The number of hydrogen-bond donors (Lipinski definition) is 0. The largest absolute Gasteiger partial charge is 0.377 e. The van der Waals surface area contributed by atoms with Gasteiger partial charge < -0.3 is 4.74 Å². The van der Waals surface area contributed by atoms with Crippen LogP contribution in [-0.2, 0) is 10.2 Å². The zero-order chi connectivity index (χ0) is 10.8. The van der Waals surface area contributed by atoms with Crippen LogP contribution < -0.4 is 0 Å². The van der Waals surface area contributed by atoms with E-state index in [0.717, 1.165) is 0 Å². The second-order valence-corrected chi connectivity index (χ2v) is 4.75. The van der Waals surface area contributed by atoms with Crippen LogP contribution in [-0.4, -0.2) is 7.11 Å². The Hall–Kier alpha value is -0.820. The van der Waals surface area contributed by atoms with Gasteiger partial charge in [-0.2, -0.15) is 0 Å². The van der Waals surface area contributed by atoms with Crippen LogP contribution in [0.25, 0.3) is 0 Å². The van der Waals surface area contributed by atoms with Crippen LogP contribution in [0, 0.1) is 0 Å². The minimum absolute atomic E-state index is 0.184. The van der Waals surface area contributed by atoms with Gasteiger partial charge in [0, 0.05) is 7.11 Å². The summed E-state index contributed by atoms with van der Waals surface area (Å²) < 4.78 is 5.26. The molecule has 78 valence electrons. The molecule has 1 rings (SSSR count). The molecule has 0 N–H and O–H groups in total. The Balaban J connectivity index is 2.89. The summed E-state index contributed by atoms with van der Waals surface area (Å²) >= 11 is 0. The summed E-state index contributed by atoms with van der Waals surface area (Å²) in [6.07, 6.45) is 0.184. The van der Waals surface area contributed by atoms with E-state index in [1.54, 1.807) is 7.11 Å². The number of methoxy groups -OCH3 is 1. The Morgan fingerprint density at radius 1 is 1.07 bits per heavy atom. The summed E-state index contributed by atoms with van der Waals surface area (Å²) in [6.45, 7) is 8.73. The molecule has 1 atom stereocenters. The summed E-state index contributed by atoms with van der Waals surface area (Å²) in [5.74, 6) is 0. The number of benzene rings is 1. The zero-order valence-corrected chi connectivity index (χ0v) is 9.79. The maximum atomic E-state index is 5.26. The predicted molar refractivity (Wildman–Crippen MR) is 60.6 cm³/mol. The smallest absolute Gasteiger partial charge is 0.0793 e. The van der Waals surface area contributed by atoms with Gasteiger partial charge >= 0.3 is 0 Å². The van der Waals surface area contributed by atoms with Crippen molar-refractivity contribution in [2.24, 2.45) is 0 Å². The summed E-state index contributed by atoms with van der Waals surface area (Å²) in [5.41, 5.74) is 2.83. The van der Waals surface area contributed by atoms with Crippen LogP contribution in [0.3, 0.4) is 0 Å². The quantitative estimate of drug-likeness (QED) is 0.694. The van der Waals surface area contributed by atoms with Crippen LogP contribution in [0.4, 0.5) is 0 Å². The average molecular weight is 192 g/mol. The fourth-order valence-electron chi connectivity index (χ4n) is 1.39. The van der Waals surface area contributed by atoms with E-state index in [4.69, 9.17) is 4.74 Å². The Kier molecular flexibility index (Phi) is 3.33. The van der Waals surface area contributed by atoms with Gasteiger partial charge in [-0.3, -0.25) is 0 Å².